The number of carbonyl (C=O) groups is 2. The zero-order chi connectivity index (χ0) is 27.7. The highest BCUT2D eigenvalue weighted by molar-refractivity contribution is 7.80. The van der Waals surface area contributed by atoms with Crippen molar-refractivity contribution in [3.8, 4) is 5.75 Å². The van der Waals surface area contributed by atoms with Crippen LogP contribution in [-0.2, 0) is 20.9 Å². The Hall–Kier alpha value is -3.85. The van der Waals surface area contributed by atoms with Crippen LogP contribution in [0.2, 0.25) is 10.0 Å². The minimum absolute atomic E-state index is 0.182. The molecular formula is C29H23Cl2N3O4S. The molecule has 7 nitrogen and oxygen atoms in total. The second kappa shape index (κ2) is 11.1. The first-order chi connectivity index (χ1) is 18.8. The fourth-order valence-electron chi connectivity index (χ4n) is 4.49. The van der Waals surface area contributed by atoms with Crippen LogP contribution in [0, 0.1) is 0 Å². The first-order valence-electron chi connectivity index (χ1n) is 11.9. The van der Waals surface area contributed by atoms with Crippen molar-refractivity contribution in [3.63, 3.8) is 0 Å². The molecule has 1 aliphatic heterocycles. The zero-order valence-electron chi connectivity index (χ0n) is 21.1. The summed E-state index contributed by atoms with van der Waals surface area (Å²) in [5.41, 5.74) is 3.56. The van der Waals surface area contributed by atoms with Crippen molar-refractivity contribution in [2.45, 2.75) is 6.54 Å². The van der Waals surface area contributed by atoms with Gasteiger partial charge in [0.25, 0.3) is 5.91 Å². The molecule has 198 valence electrons. The third-order valence-corrected chi connectivity index (χ3v) is 7.57. The van der Waals surface area contributed by atoms with Crippen molar-refractivity contribution < 1.29 is 19.1 Å². The van der Waals surface area contributed by atoms with Crippen LogP contribution >= 0.6 is 35.4 Å². The Morgan fingerprint density at radius 1 is 1.00 bits per heavy atom. The summed E-state index contributed by atoms with van der Waals surface area (Å²) in [6.45, 7) is 0.332. The third kappa shape index (κ3) is 5.23. The number of benzene rings is 3. The molecule has 0 radical (unpaired) electrons. The Kier molecular flexibility index (Phi) is 7.61. The minimum atomic E-state index is -0.519. The molecule has 2 heterocycles. The number of hydrogen-bond donors (Lipinski definition) is 0. The number of nitrogens with zero attached hydrogens (tertiary/aromatic N) is 3. The fourth-order valence-corrected chi connectivity index (χ4v) is 5.16. The summed E-state index contributed by atoms with van der Waals surface area (Å²) in [6, 6.07) is 20.4. The van der Waals surface area contributed by atoms with E-state index in [1.54, 1.807) is 43.5 Å². The van der Waals surface area contributed by atoms with Gasteiger partial charge in [0, 0.05) is 29.2 Å². The summed E-state index contributed by atoms with van der Waals surface area (Å²) in [5.74, 6) is -0.224. The van der Waals surface area contributed by atoms with Crippen LogP contribution < -0.4 is 9.64 Å². The maximum Gasteiger partial charge on any atom is 0.325 e. The van der Waals surface area contributed by atoms with Crippen molar-refractivity contribution in [3.05, 3.63) is 99.8 Å². The van der Waals surface area contributed by atoms with Gasteiger partial charge in [-0.15, -0.1) is 0 Å². The molecule has 1 fully saturated rings. The van der Waals surface area contributed by atoms with Gasteiger partial charge in [0.05, 0.1) is 30.0 Å². The number of aromatic nitrogens is 1. The lowest BCUT2D eigenvalue weighted by atomic mass is 10.1. The molecule has 10 heteroatoms. The number of rotatable bonds is 7. The standard InChI is InChI=1S/C29H23Cl2N3O4S/c1-37-21-10-8-20(9-11-21)34-28(36)26(33(29(34)39)17-27(35)38-2)14-19-16-32(25-6-4-3-5-22(19)25)15-18-7-12-23(30)24(31)13-18/h3-14,16H,15,17H2,1-2H3/b26-14-. The molecule has 1 amide bonds. The summed E-state index contributed by atoms with van der Waals surface area (Å²) < 4.78 is 12.2. The Morgan fingerprint density at radius 3 is 2.44 bits per heavy atom. The number of anilines is 1. The molecule has 0 N–H and O–H groups in total. The molecule has 4 aromatic rings. The number of carbonyl (C=O) groups excluding carboxylic acids is 2. The SMILES string of the molecule is COC(=O)CN1C(=S)N(c2ccc(OC)cc2)C(=O)/C1=C/c1cn(Cc2ccc(Cl)c(Cl)c2)c2ccccc12. The molecule has 0 aliphatic carbocycles. The summed E-state index contributed by atoms with van der Waals surface area (Å²) in [4.78, 5) is 29.0. The number of esters is 1. The van der Waals surface area contributed by atoms with Gasteiger partial charge in [-0.2, -0.15) is 0 Å². The van der Waals surface area contributed by atoms with Crippen molar-refractivity contribution >= 4 is 75.1 Å². The van der Waals surface area contributed by atoms with Crippen molar-refractivity contribution in [1.82, 2.24) is 9.47 Å². The molecule has 5 rings (SSSR count). The van der Waals surface area contributed by atoms with Gasteiger partial charge in [-0.25, -0.2) is 0 Å². The number of amides is 1. The average molecular weight is 580 g/mol. The van der Waals surface area contributed by atoms with E-state index in [0.29, 0.717) is 28.0 Å². The molecule has 1 aromatic heterocycles. The van der Waals surface area contributed by atoms with E-state index in [1.807, 2.05) is 42.6 Å². The smallest absolute Gasteiger partial charge is 0.325 e. The van der Waals surface area contributed by atoms with Crippen LogP contribution in [0.5, 0.6) is 5.75 Å². The third-order valence-electron chi connectivity index (χ3n) is 6.43. The monoisotopic (exact) mass is 579 g/mol. The molecule has 1 aliphatic rings. The van der Waals surface area contributed by atoms with Crippen LogP contribution in [0.1, 0.15) is 11.1 Å². The molecule has 0 bridgehead atoms. The Labute approximate surface area is 240 Å². The molecule has 0 atom stereocenters. The largest absolute Gasteiger partial charge is 0.497 e. The zero-order valence-corrected chi connectivity index (χ0v) is 23.4. The number of fused-ring (bicyclic) bond motifs is 1. The van der Waals surface area contributed by atoms with Gasteiger partial charge in [0.15, 0.2) is 5.11 Å². The number of methoxy groups -OCH3 is 2. The summed E-state index contributed by atoms with van der Waals surface area (Å²) in [6.07, 6.45) is 3.72. The highest BCUT2D eigenvalue weighted by atomic mass is 35.5. The normalized spacial score (nSPS) is 14.5. The van der Waals surface area contributed by atoms with Gasteiger partial charge >= 0.3 is 5.97 Å². The van der Waals surface area contributed by atoms with Gasteiger partial charge in [0.1, 0.15) is 18.0 Å². The van der Waals surface area contributed by atoms with E-state index >= 15 is 0 Å². The maximum atomic E-state index is 13.8. The number of halogens is 2. The van der Waals surface area contributed by atoms with E-state index in [2.05, 4.69) is 4.57 Å². The van der Waals surface area contributed by atoms with E-state index in [0.717, 1.165) is 22.0 Å². The van der Waals surface area contributed by atoms with Crippen molar-refractivity contribution in [1.29, 1.82) is 0 Å². The van der Waals surface area contributed by atoms with Crippen molar-refractivity contribution in [2.24, 2.45) is 0 Å². The summed E-state index contributed by atoms with van der Waals surface area (Å²) >= 11 is 18.0. The van der Waals surface area contributed by atoms with Crippen LogP contribution in [0.15, 0.2) is 78.6 Å². The van der Waals surface area contributed by atoms with Crippen LogP contribution in [-0.4, -0.2) is 47.2 Å². The molecular weight excluding hydrogens is 557 g/mol. The molecule has 3 aromatic carbocycles. The van der Waals surface area contributed by atoms with Crippen molar-refractivity contribution in [2.75, 3.05) is 25.7 Å². The number of hydrogen-bond acceptors (Lipinski definition) is 5. The molecule has 0 spiro atoms. The first-order valence-corrected chi connectivity index (χ1v) is 13.1. The highest BCUT2D eigenvalue weighted by Crippen LogP contribution is 2.33. The van der Waals surface area contributed by atoms with Crippen LogP contribution in [0.25, 0.3) is 17.0 Å². The van der Waals surface area contributed by atoms with E-state index in [4.69, 9.17) is 44.9 Å². The van der Waals surface area contributed by atoms with Gasteiger partial charge in [-0.05, 0) is 66.3 Å². The van der Waals surface area contributed by atoms with Crippen LogP contribution in [0.4, 0.5) is 5.69 Å². The number of thiocarbonyl (C=S) groups is 1. The van der Waals surface area contributed by atoms with E-state index < -0.39 is 5.97 Å². The molecule has 1 saturated heterocycles. The van der Waals surface area contributed by atoms with Crippen LogP contribution in [0.3, 0.4) is 0 Å². The van der Waals surface area contributed by atoms with Gasteiger partial charge in [-0.3, -0.25) is 14.5 Å². The summed E-state index contributed by atoms with van der Waals surface area (Å²) in [7, 11) is 2.86. The van der Waals surface area contributed by atoms with Gasteiger partial charge in [-0.1, -0.05) is 47.5 Å². The number of para-hydroxylation sites is 1. The lowest BCUT2D eigenvalue weighted by Crippen LogP contribution is -2.35. The topological polar surface area (TPSA) is 64.0 Å². The predicted molar refractivity (Wildman–Crippen MR) is 157 cm³/mol. The molecule has 39 heavy (non-hydrogen) atoms. The first kappa shape index (κ1) is 26.7. The Bertz CT molecular complexity index is 1630. The minimum Gasteiger partial charge on any atom is -0.497 e. The fraction of sp³-hybridized carbons (Fsp3) is 0.138. The highest BCUT2D eigenvalue weighted by Gasteiger charge is 2.40. The van der Waals surface area contributed by atoms with E-state index in [9.17, 15) is 9.59 Å². The average Bonchev–Trinajstić information content (AvgIpc) is 3.40. The lowest BCUT2D eigenvalue weighted by Gasteiger charge is -2.19. The van der Waals surface area contributed by atoms with Gasteiger partial charge < -0.3 is 18.9 Å². The quantitative estimate of drug-likeness (QED) is 0.148. The number of ether oxygens (including phenoxy) is 2. The molecule has 0 unspecified atom stereocenters. The second-order valence-electron chi connectivity index (χ2n) is 8.79. The Balaban J connectivity index is 1.58. The second-order valence-corrected chi connectivity index (χ2v) is 9.97. The summed E-state index contributed by atoms with van der Waals surface area (Å²) in [5, 5.41) is 2.09. The predicted octanol–water partition coefficient (Wildman–Crippen LogP) is 6.15. The Morgan fingerprint density at radius 2 is 1.74 bits per heavy atom. The van der Waals surface area contributed by atoms with Gasteiger partial charge in [0.2, 0.25) is 0 Å². The maximum absolute atomic E-state index is 13.8. The van der Waals surface area contributed by atoms with E-state index in [1.165, 1.54) is 16.9 Å². The lowest BCUT2D eigenvalue weighted by molar-refractivity contribution is -0.140. The van der Waals surface area contributed by atoms with E-state index in [-0.39, 0.29) is 23.3 Å². The molecule has 0 saturated carbocycles.